The van der Waals surface area contributed by atoms with Crippen molar-refractivity contribution in [3.63, 3.8) is 0 Å². The van der Waals surface area contributed by atoms with E-state index in [0.717, 1.165) is 46.9 Å². The number of benzene rings is 2. The van der Waals surface area contributed by atoms with Crippen LogP contribution in [0.4, 0.5) is 0 Å². The van der Waals surface area contributed by atoms with Crippen LogP contribution in [0.3, 0.4) is 0 Å². The number of thiazole rings is 1. The summed E-state index contributed by atoms with van der Waals surface area (Å²) < 4.78 is 14.5. The Kier molecular flexibility index (Phi) is 7.35. The van der Waals surface area contributed by atoms with Crippen molar-refractivity contribution < 1.29 is 9.47 Å². The molecule has 1 atom stereocenters. The molecule has 1 aliphatic rings. The van der Waals surface area contributed by atoms with Crippen molar-refractivity contribution in [3.05, 3.63) is 70.8 Å². The Balaban J connectivity index is 1.47. The van der Waals surface area contributed by atoms with Gasteiger partial charge in [-0.1, -0.05) is 31.9 Å². The number of rotatable bonds is 10. The van der Waals surface area contributed by atoms with E-state index >= 15 is 0 Å². The lowest BCUT2D eigenvalue weighted by Gasteiger charge is -2.18. The minimum absolute atomic E-state index is 0.0960. The molecule has 2 aromatic carbocycles. The molecule has 7 heteroatoms. The summed E-state index contributed by atoms with van der Waals surface area (Å²) in [7, 11) is 3.34. The quantitative estimate of drug-likeness (QED) is 0.305. The molecule has 6 nitrogen and oxygen atoms in total. The van der Waals surface area contributed by atoms with Crippen LogP contribution < -0.4 is 14.8 Å². The Morgan fingerprint density at radius 2 is 1.91 bits per heavy atom. The van der Waals surface area contributed by atoms with Crippen LogP contribution in [0.15, 0.2) is 48.9 Å². The third-order valence-electron chi connectivity index (χ3n) is 6.96. The normalized spacial score (nSPS) is 15.1. The van der Waals surface area contributed by atoms with Gasteiger partial charge in [0.1, 0.15) is 11.0 Å². The monoisotopic (exact) mass is 490 g/mol. The van der Waals surface area contributed by atoms with E-state index in [1.54, 1.807) is 25.6 Å². The number of methoxy groups -OCH3 is 2. The summed E-state index contributed by atoms with van der Waals surface area (Å²) in [5, 5.41) is 4.73. The van der Waals surface area contributed by atoms with Crippen LogP contribution in [0.5, 0.6) is 11.5 Å². The highest BCUT2D eigenvalue weighted by Crippen LogP contribution is 2.37. The van der Waals surface area contributed by atoms with Gasteiger partial charge in [0.15, 0.2) is 11.5 Å². The maximum Gasteiger partial charge on any atom is 0.161 e. The number of hydrogen-bond donors (Lipinski definition) is 1. The third-order valence-corrected chi connectivity index (χ3v) is 8.03. The number of ether oxygens (including phenoxy) is 2. The Morgan fingerprint density at radius 3 is 2.69 bits per heavy atom. The van der Waals surface area contributed by atoms with Gasteiger partial charge in [0.2, 0.25) is 0 Å². The third kappa shape index (κ3) is 5.21. The molecule has 0 bridgehead atoms. The smallest absolute Gasteiger partial charge is 0.161 e. The van der Waals surface area contributed by atoms with E-state index < -0.39 is 0 Å². The molecule has 1 saturated carbocycles. The molecule has 2 aromatic heterocycles. The zero-order chi connectivity index (χ0) is 24.2. The Labute approximate surface area is 211 Å². The molecule has 1 fully saturated rings. The first-order valence-corrected chi connectivity index (χ1v) is 13.4. The summed E-state index contributed by atoms with van der Waals surface area (Å²) in [6.07, 6.45) is 11.3. The van der Waals surface area contributed by atoms with Crippen LogP contribution in [0.25, 0.3) is 10.2 Å². The SMILES string of the molecule is CCc1ccc2nc(C(c3ccc(OC)c(OC)c3)n3cnc(CCNC4CCCC4)c3)sc2c1. The van der Waals surface area contributed by atoms with Gasteiger partial charge in [-0.3, -0.25) is 0 Å². The minimum atomic E-state index is -0.0960. The van der Waals surface area contributed by atoms with Crippen LogP contribution in [0.1, 0.15) is 60.5 Å². The highest BCUT2D eigenvalue weighted by Gasteiger charge is 2.23. The number of aromatic nitrogens is 3. The highest BCUT2D eigenvalue weighted by molar-refractivity contribution is 7.18. The van der Waals surface area contributed by atoms with Crippen molar-refractivity contribution in [3.8, 4) is 11.5 Å². The van der Waals surface area contributed by atoms with Gasteiger partial charge in [-0.2, -0.15) is 0 Å². The maximum atomic E-state index is 5.62. The lowest BCUT2D eigenvalue weighted by atomic mass is 10.1. The van der Waals surface area contributed by atoms with Crippen molar-refractivity contribution in [1.82, 2.24) is 19.9 Å². The van der Waals surface area contributed by atoms with Crippen LogP contribution in [0.2, 0.25) is 0 Å². The molecule has 5 rings (SSSR count). The number of nitrogens with zero attached hydrogens (tertiary/aromatic N) is 3. The van der Waals surface area contributed by atoms with Gasteiger partial charge in [0.05, 0.1) is 36.5 Å². The summed E-state index contributed by atoms with van der Waals surface area (Å²) in [6.45, 7) is 3.15. The highest BCUT2D eigenvalue weighted by atomic mass is 32.1. The number of imidazole rings is 1. The first-order valence-electron chi connectivity index (χ1n) is 12.6. The molecule has 1 N–H and O–H groups in total. The number of hydrogen-bond acceptors (Lipinski definition) is 6. The van der Waals surface area contributed by atoms with Crippen molar-refractivity contribution in [2.75, 3.05) is 20.8 Å². The van der Waals surface area contributed by atoms with Crippen molar-refractivity contribution in [1.29, 1.82) is 0 Å². The summed E-state index contributed by atoms with van der Waals surface area (Å²) >= 11 is 1.75. The van der Waals surface area contributed by atoms with Crippen LogP contribution in [-0.2, 0) is 12.8 Å². The standard InChI is InChI=1S/C28H34N4O2S/c1-4-19-9-11-23-26(15-19)35-28(31-23)27(20-10-12-24(33-2)25(16-20)34-3)32-17-22(30-18-32)13-14-29-21-7-5-6-8-21/h9-12,15-18,21,27,29H,4-8,13-14H2,1-3H3. The molecular formula is C28H34N4O2S. The first kappa shape index (κ1) is 23.8. The Hall–Kier alpha value is -2.90. The number of aryl methyl sites for hydroxylation is 1. The predicted molar refractivity (Wildman–Crippen MR) is 142 cm³/mol. The zero-order valence-corrected chi connectivity index (χ0v) is 21.6. The number of nitrogens with one attached hydrogen (secondary N) is 1. The summed E-state index contributed by atoms with van der Waals surface area (Å²) in [5.74, 6) is 1.43. The van der Waals surface area contributed by atoms with Crippen molar-refractivity contribution >= 4 is 21.6 Å². The van der Waals surface area contributed by atoms with Gasteiger partial charge in [0, 0.05) is 25.2 Å². The average Bonchev–Trinajstić information content (AvgIpc) is 3.65. The fourth-order valence-corrected chi connectivity index (χ4v) is 6.14. The lowest BCUT2D eigenvalue weighted by molar-refractivity contribution is 0.354. The van der Waals surface area contributed by atoms with Crippen LogP contribution in [0, 0.1) is 0 Å². The molecule has 0 amide bonds. The molecule has 0 spiro atoms. The van der Waals surface area contributed by atoms with Gasteiger partial charge < -0.3 is 19.4 Å². The second-order valence-corrected chi connectivity index (χ2v) is 10.3. The molecule has 4 aromatic rings. The Morgan fingerprint density at radius 1 is 1.09 bits per heavy atom. The summed E-state index contributed by atoms with van der Waals surface area (Å²) in [6, 6.07) is 13.3. The number of fused-ring (bicyclic) bond motifs is 1. The molecule has 0 saturated heterocycles. The second kappa shape index (κ2) is 10.8. The van der Waals surface area contributed by atoms with E-state index in [9.17, 15) is 0 Å². The van der Waals surface area contributed by atoms with Crippen molar-refractivity contribution in [2.45, 2.75) is 57.5 Å². The average molecular weight is 491 g/mol. The van der Waals surface area contributed by atoms with Crippen LogP contribution >= 0.6 is 11.3 Å². The molecular weight excluding hydrogens is 456 g/mol. The molecule has 0 radical (unpaired) electrons. The van der Waals surface area contributed by atoms with E-state index in [1.807, 2.05) is 18.5 Å². The minimum Gasteiger partial charge on any atom is -0.493 e. The molecule has 0 aliphatic heterocycles. The van der Waals surface area contributed by atoms with Gasteiger partial charge in [-0.25, -0.2) is 9.97 Å². The van der Waals surface area contributed by atoms with E-state index in [1.165, 1.54) is 35.9 Å². The fraction of sp³-hybridized carbons (Fsp3) is 0.429. The molecule has 35 heavy (non-hydrogen) atoms. The predicted octanol–water partition coefficient (Wildman–Crippen LogP) is 5.78. The Bertz CT molecular complexity index is 1280. The van der Waals surface area contributed by atoms with E-state index in [4.69, 9.17) is 19.4 Å². The van der Waals surface area contributed by atoms with E-state index in [2.05, 4.69) is 47.3 Å². The largest absolute Gasteiger partial charge is 0.493 e. The van der Waals surface area contributed by atoms with E-state index in [0.29, 0.717) is 11.8 Å². The maximum absolute atomic E-state index is 5.62. The van der Waals surface area contributed by atoms with Gasteiger partial charge in [-0.05, 0) is 54.7 Å². The molecule has 184 valence electrons. The summed E-state index contributed by atoms with van der Waals surface area (Å²) in [4.78, 5) is 9.80. The van der Waals surface area contributed by atoms with Gasteiger partial charge in [0.25, 0.3) is 0 Å². The lowest BCUT2D eigenvalue weighted by Crippen LogP contribution is -2.28. The van der Waals surface area contributed by atoms with Crippen LogP contribution in [-0.4, -0.2) is 41.3 Å². The molecule has 2 heterocycles. The second-order valence-electron chi connectivity index (χ2n) is 9.22. The van der Waals surface area contributed by atoms with Gasteiger partial charge >= 0.3 is 0 Å². The first-order chi connectivity index (χ1) is 17.2. The summed E-state index contributed by atoms with van der Waals surface area (Å²) in [5.41, 5.74) is 4.55. The molecule has 1 unspecified atom stereocenters. The fourth-order valence-electron chi connectivity index (χ4n) is 4.97. The van der Waals surface area contributed by atoms with Gasteiger partial charge in [-0.15, -0.1) is 11.3 Å². The topological polar surface area (TPSA) is 61.2 Å². The van der Waals surface area contributed by atoms with E-state index in [-0.39, 0.29) is 6.04 Å². The zero-order valence-electron chi connectivity index (χ0n) is 20.8. The van der Waals surface area contributed by atoms with Crippen molar-refractivity contribution in [2.24, 2.45) is 0 Å². The molecule has 1 aliphatic carbocycles.